The SMILES string of the molecule is CC(C)(C)CC(N)CC(=O)NC1CCCC(C(=O)O)C1. The first-order valence-corrected chi connectivity index (χ1v) is 7.45. The monoisotopic (exact) mass is 284 g/mol. The highest BCUT2D eigenvalue weighted by Gasteiger charge is 2.28. The molecule has 0 aliphatic heterocycles. The van der Waals surface area contributed by atoms with Crippen LogP contribution in [-0.2, 0) is 9.59 Å². The van der Waals surface area contributed by atoms with Crippen LogP contribution in [0.2, 0.25) is 0 Å². The predicted molar refractivity (Wildman–Crippen MR) is 78.2 cm³/mol. The molecular formula is C15H28N2O3. The highest BCUT2D eigenvalue weighted by Crippen LogP contribution is 2.25. The van der Waals surface area contributed by atoms with Gasteiger partial charge in [0.1, 0.15) is 0 Å². The molecule has 4 N–H and O–H groups in total. The van der Waals surface area contributed by atoms with Crippen LogP contribution in [0, 0.1) is 11.3 Å². The van der Waals surface area contributed by atoms with Gasteiger partial charge in [0, 0.05) is 18.5 Å². The van der Waals surface area contributed by atoms with E-state index in [1.165, 1.54) is 0 Å². The molecule has 116 valence electrons. The van der Waals surface area contributed by atoms with E-state index in [4.69, 9.17) is 10.8 Å². The van der Waals surface area contributed by atoms with E-state index in [2.05, 4.69) is 26.1 Å². The van der Waals surface area contributed by atoms with Gasteiger partial charge >= 0.3 is 5.97 Å². The number of carbonyl (C=O) groups excluding carboxylic acids is 1. The van der Waals surface area contributed by atoms with Crippen molar-refractivity contribution in [2.45, 2.75) is 71.4 Å². The van der Waals surface area contributed by atoms with E-state index >= 15 is 0 Å². The van der Waals surface area contributed by atoms with Crippen LogP contribution in [-0.4, -0.2) is 29.1 Å². The van der Waals surface area contributed by atoms with Gasteiger partial charge in [-0.25, -0.2) is 0 Å². The molecule has 0 heterocycles. The summed E-state index contributed by atoms with van der Waals surface area (Å²) in [7, 11) is 0. The molecule has 20 heavy (non-hydrogen) atoms. The lowest BCUT2D eigenvalue weighted by molar-refractivity contribution is -0.143. The van der Waals surface area contributed by atoms with Gasteiger partial charge in [-0.1, -0.05) is 27.2 Å². The summed E-state index contributed by atoms with van der Waals surface area (Å²) >= 11 is 0. The van der Waals surface area contributed by atoms with Crippen molar-refractivity contribution in [1.29, 1.82) is 0 Å². The number of carbonyl (C=O) groups is 2. The fourth-order valence-corrected chi connectivity index (χ4v) is 2.93. The molecular weight excluding hydrogens is 256 g/mol. The molecule has 0 aromatic carbocycles. The van der Waals surface area contributed by atoms with Crippen molar-refractivity contribution < 1.29 is 14.7 Å². The second kappa shape index (κ2) is 7.07. The van der Waals surface area contributed by atoms with E-state index in [-0.39, 0.29) is 29.3 Å². The zero-order valence-corrected chi connectivity index (χ0v) is 12.8. The van der Waals surface area contributed by atoms with Gasteiger partial charge in [-0.2, -0.15) is 0 Å². The number of nitrogens with one attached hydrogen (secondary N) is 1. The van der Waals surface area contributed by atoms with Crippen molar-refractivity contribution in [1.82, 2.24) is 5.32 Å². The van der Waals surface area contributed by atoms with Crippen molar-refractivity contribution >= 4 is 11.9 Å². The molecule has 0 spiro atoms. The van der Waals surface area contributed by atoms with Gasteiger partial charge in [-0.3, -0.25) is 9.59 Å². The van der Waals surface area contributed by atoms with Crippen LogP contribution in [0.1, 0.15) is 59.3 Å². The summed E-state index contributed by atoms with van der Waals surface area (Å²) in [6.07, 6.45) is 4.08. The van der Waals surface area contributed by atoms with Gasteiger partial charge in [-0.15, -0.1) is 0 Å². The number of rotatable bonds is 5. The fourth-order valence-electron chi connectivity index (χ4n) is 2.93. The average Bonchev–Trinajstić information content (AvgIpc) is 2.25. The van der Waals surface area contributed by atoms with E-state index in [9.17, 15) is 9.59 Å². The first kappa shape index (κ1) is 17.0. The molecule has 5 heteroatoms. The average molecular weight is 284 g/mol. The zero-order valence-electron chi connectivity index (χ0n) is 12.8. The minimum Gasteiger partial charge on any atom is -0.481 e. The number of hydrogen-bond acceptors (Lipinski definition) is 3. The number of carboxylic acid groups (broad SMARTS) is 1. The summed E-state index contributed by atoms with van der Waals surface area (Å²) in [6.45, 7) is 6.30. The van der Waals surface area contributed by atoms with Gasteiger partial charge in [-0.05, 0) is 31.1 Å². The van der Waals surface area contributed by atoms with Crippen LogP contribution < -0.4 is 11.1 Å². The number of nitrogens with two attached hydrogens (primary N) is 1. The third-order valence-electron chi connectivity index (χ3n) is 3.71. The maximum Gasteiger partial charge on any atom is 0.306 e. The van der Waals surface area contributed by atoms with Gasteiger partial charge in [0.15, 0.2) is 0 Å². The van der Waals surface area contributed by atoms with Crippen LogP contribution in [0.4, 0.5) is 0 Å². The number of aliphatic carboxylic acids is 1. The van der Waals surface area contributed by atoms with Crippen molar-refractivity contribution in [3.63, 3.8) is 0 Å². The normalized spacial score (nSPS) is 25.0. The molecule has 0 radical (unpaired) electrons. The van der Waals surface area contributed by atoms with Crippen LogP contribution in [0.25, 0.3) is 0 Å². The van der Waals surface area contributed by atoms with Crippen molar-refractivity contribution in [2.75, 3.05) is 0 Å². The Hall–Kier alpha value is -1.10. The molecule has 1 aliphatic carbocycles. The third-order valence-corrected chi connectivity index (χ3v) is 3.71. The minimum atomic E-state index is -0.756. The van der Waals surface area contributed by atoms with Gasteiger partial charge < -0.3 is 16.2 Å². The summed E-state index contributed by atoms with van der Waals surface area (Å²) in [5.41, 5.74) is 6.10. The smallest absolute Gasteiger partial charge is 0.306 e. The van der Waals surface area contributed by atoms with E-state index in [1.807, 2.05) is 0 Å². The molecule has 3 atom stereocenters. The second-order valence-electron chi connectivity index (χ2n) is 7.20. The molecule has 5 nitrogen and oxygen atoms in total. The maximum absolute atomic E-state index is 11.9. The standard InChI is InChI=1S/C15H28N2O3/c1-15(2,3)9-11(16)8-13(18)17-12-6-4-5-10(7-12)14(19)20/h10-12H,4-9,16H2,1-3H3,(H,17,18)(H,19,20). The Morgan fingerprint density at radius 3 is 2.55 bits per heavy atom. The molecule has 1 saturated carbocycles. The molecule has 0 saturated heterocycles. The fraction of sp³-hybridized carbons (Fsp3) is 0.867. The third kappa shape index (κ3) is 6.37. The van der Waals surface area contributed by atoms with E-state index in [0.717, 1.165) is 19.3 Å². The number of carboxylic acids is 1. The number of hydrogen-bond donors (Lipinski definition) is 3. The summed E-state index contributed by atoms with van der Waals surface area (Å²) < 4.78 is 0. The first-order chi connectivity index (χ1) is 9.17. The molecule has 1 amide bonds. The molecule has 1 fully saturated rings. The van der Waals surface area contributed by atoms with Gasteiger partial charge in [0.2, 0.25) is 5.91 Å². The summed E-state index contributed by atoms with van der Waals surface area (Å²) in [4.78, 5) is 22.9. The Kier molecular flexibility index (Phi) is 5.99. The zero-order chi connectivity index (χ0) is 15.3. The van der Waals surface area contributed by atoms with Crippen LogP contribution in [0.5, 0.6) is 0 Å². The van der Waals surface area contributed by atoms with Crippen LogP contribution in [0.3, 0.4) is 0 Å². The predicted octanol–water partition coefficient (Wildman–Crippen LogP) is 1.90. The van der Waals surface area contributed by atoms with E-state index in [1.54, 1.807) is 0 Å². The molecule has 0 bridgehead atoms. The van der Waals surface area contributed by atoms with E-state index < -0.39 is 5.97 Å². The minimum absolute atomic E-state index is 0.0146. The molecule has 1 aliphatic rings. The molecule has 1 rings (SSSR count). The Morgan fingerprint density at radius 2 is 2.00 bits per heavy atom. The van der Waals surface area contributed by atoms with Gasteiger partial charge in [0.25, 0.3) is 0 Å². The Morgan fingerprint density at radius 1 is 1.35 bits per heavy atom. The van der Waals surface area contributed by atoms with Crippen LogP contribution >= 0.6 is 0 Å². The highest BCUT2D eigenvalue weighted by molar-refractivity contribution is 5.77. The Balaban J connectivity index is 2.36. The van der Waals surface area contributed by atoms with Crippen molar-refractivity contribution in [3.05, 3.63) is 0 Å². The lowest BCUT2D eigenvalue weighted by Crippen LogP contribution is -2.42. The molecule has 0 aromatic rings. The van der Waals surface area contributed by atoms with E-state index in [0.29, 0.717) is 19.3 Å². The van der Waals surface area contributed by atoms with Gasteiger partial charge in [0.05, 0.1) is 5.92 Å². The lowest BCUT2D eigenvalue weighted by Gasteiger charge is -2.28. The summed E-state index contributed by atoms with van der Waals surface area (Å²) in [5.74, 6) is -1.14. The lowest BCUT2D eigenvalue weighted by atomic mass is 9.85. The maximum atomic E-state index is 11.9. The Bertz CT molecular complexity index is 350. The second-order valence-corrected chi connectivity index (χ2v) is 7.20. The molecule has 3 unspecified atom stereocenters. The number of amides is 1. The van der Waals surface area contributed by atoms with Crippen molar-refractivity contribution in [2.24, 2.45) is 17.1 Å². The van der Waals surface area contributed by atoms with Crippen LogP contribution in [0.15, 0.2) is 0 Å². The quantitative estimate of drug-likeness (QED) is 0.719. The summed E-state index contributed by atoms with van der Waals surface area (Å²) in [6, 6.07) is -0.159. The van der Waals surface area contributed by atoms with Crippen molar-refractivity contribution in [3.8, 4) is 0 Å². The summed E-state index contributed by atoms with van der Waals surface area (Å²) in [5, 5.41) is 12.0. The molecule has 0 aromatic heterocycles. The highest BCUT2D eigenvalue weighted by atomic mass is 16.4. The largest absolute Gasteiger partial charge is 0.481 e. The first-order valence-electron chi connectivity index (χ1n) is 7.45. The topological polar surface area (TPSA) is 92.4 Å². The Labute approximate surface area is 121 Å².